The number of nitrogens with one attached hydrogen (secondary N) is 2. The number of aromatic amines is 1. The first-order chi connectivity index (χ1) is 14.2. The monoisotopic (exact) mass is 404 g/mol. The first kappa shape index (κ1) is 20.5. The number of nitrogens with zero attached hydrogens (tertiary/aromatic N) is 2. The van der Waals surface area contributed by atoms with E-state index in [0.717, 1.165) is 31.4 Å². The second kappa shape index (κ2) is 9.84. The van der Waals surface area contributed by atoms with Crippen molar-refractivity contribution in [2.24, 2.45) is 0 Å². The summed E-state index contributed by atoms with van der Waals surface area (Å²) in [6.07, 6.45) is 4.90. The number of aromatic nitrogens is 1. The lowest BCUT2D eigenvalue weighted by Gasteiger charge is -2.36. The number of carbonyl (C=O) groups excluding carboxylic acids is 1. The van der Waals surface area contributed by atoms with Crippen molar-refractivity contribution in [1.29, 1.82) is 0 Å². The predicted octanol–water partition coefficient (Wildman–Crippen LogP) is 0.580. The molecule has 0 radical (unpaired) electrons. The maximum Gasteiger partial charge on any atom is 0.261 e. The third-order valence-corrected chi connectivity index (χ3v) is 6.20. The summed E-state index contributed by atoms with van der Waals surface area (Å²) < 4.78 is 10.8. The Morgan fingerprint density at radius 1 is 1.14 bits per heavy atom. The van der Waals surface area contributed by atoms with Crippen LogP contribution in [-0.2, 0) is 16.0 Å². The number of hydrogen-bond acceptors (Lipinski definition) is 6. The Morgan fingerprint density at radius 2 is 1.93 bits per heavy atom. The van der Waals surface area contributed by atoms with Gasteiger partial charge in [-0.1, -0.05) is 0 Å². The Morgan fingerprint density at radius 3 is 2.62 bits per heavy atom. The Kier molecular flexibility index (Phi) is 6.97. The minimum atomic E-state index is -0.376. The second-order valence-corrected chi connectivity index (χ2v) is 8.25. The fourth-order valence-corrected chi connectivity index (χ4v) is 4.53. The molecule has 0 aliphatic carbocycles. The van der Waals surface area contributed by atoms with Crippen LogP contribution in [0.3, 0.4) is 0 Å². The van der Waals surface area contributed by atoms with Crippen LogP contribution in [0.2, 0.25) is 0 Å². The molecule has 1 atom stereocenters. The summed E-state index contributed by atoms with van der Waals surface area (Å²) in [7, 11) is 0. The molecule has 8 heteroatoms. The Balaban J connectivity index is 1.26. The number of amides is 1. The van der Waals surface area contributed by atoms with Gasteiger partial charge in [0.15, 0.2) is 0 Å². The fourth-order valence-electron chi connectivity index (χ4n) is 4.53. The topological polar surface area (TPSA) is 86.9 Å². The smallest absolute Gasteiger partial charge is 0.261 e. The highest BCUT2D eigenvalue weighted by molar-refractivity contribution is 5.93. The molecule has 2 N–H and O–H groups in total. The van der Waals surface area contributed by atoms with Crippen LogP contribution >= 0.6 is 0 Å². The quantitative estimate of drug-likeness (QED) is 0.721. The lowest BCUT2D eigenvalue weighted by molar-refractivity contribution is -0.0855. The zero-order valence-corrected chi connectivity index (χ0v) is 17.0. The molecular weight excluding hydrogens is 372 g/mol. The number of H-pyrrole nitrogens is 1. The molecule has 3 aliphatic rings. The van der Waals surface area contributed by atoms with Crippen LogP contribution in [0.25, 0.3) is 0 Å². The van der Waals surface area contributed by atoms with E-state index >= 15 is 0 Å². The number of likely N-dealkylation sites (tertiary alicyclic amines) is 2. The predicted molar refractivity (Wildman–Crippen MR) is 109 cm³/mol. The van der Waals surface area contributed by atoms with E-state index < -0.39 is 0 Å². The van der Waals surface area contributed by atoms with E-state index in [9.17, 15) is 9.59 Å². The lowest BCUT2D eigenvalue weighted by atomic mass is 10.0. The van der Waals surface area contributed by atoms with Crippen molar-refractivity contribution in [1.82, 2.24) is 20.1 Å². The van der Waals surface area contributed by atoms with Gasteiger partial charge in [-0.05, 0) is 50.9 Å². The third-order valence-electron chi connectivity index (χ3n) is 6.20. The summed E-state index contributed by atoms with van der Waals surface area (Å²) in [6, 6.07) is 4.19. The van der Waals surface area contributed by atoms with Crippen LogP contribution in [0.15, 0.2) is 16.9 Å². The summed E-state index contributed by atoms with van der Waals surface area (Å²) in [6.45, 7) is 7.24. The first-order valence-corrected chi connectivity index (χ1v) is 10.9. The molecule has 1 aromatic rings. The van der Waals surface area contributed by atoms with Crippen molar-refractivity contribution < 1.29 is 14.3 Å². The van der Waals surface area contributed by atoms with Crippen molar-refractivity contribution in [2.75, 3.05) is 52.5 Å². The minimum Gasteiger partial charge on any atom is -0.376 e. The van der Waals surface area contributed by atoms with Gasteiger partial charge in [0.25, 0.3) is 11.5 Å². The molecule has 3 fully saturated rings. The van der Waals surface area contributed by atoms with Gasteiger partial charge in [0.2, 0.25) is 0 Å². The molecule has 3 saturated heterocycles. The molecule has 4 rings (SSSR count). The second-order valence-electron chi connectivity index (χ2n) is 8.25. The zero-order valence-electron chi connectivity index (χ0n) is 17.0. The van der Waals surface area contributed by atoms with E-state index in [0.29, 0.717) is 26.4 Å². The van der Waals surface area contributed by atoms with E-state index in [2.05, 4.69) is 20.1 Å². The van der Waals surface area contributed by atoms with Crippen molar-refractivity contribution in [2.45, 2.75) is 44.4 Å². The molecule has 0 spiro atoms. The van der Waals surface area contributed by atoms with Gasteiger partial charge in [-0.2, -0.15) is 0 Å². The maximum atomic E-state index is 12.4. The average molecular weight is 405 g/mol. The highest BCUT2D eigenvalue weighted by Gasteiger charge is 2.26. The molecule has 0 saturated carbocycles. The third kappa shape index (κ3) is 5.45. The number of carbonyl (C=O) groups is 1. The molecule has 4 heterocycles. The normalized spacial score (nSPS) is 24.6. The number of hydrogen-bond donors (Lipinski definition) is 2. The average Bonchev–Trinajstić information content (AvgIpc) is 3.28. The lowest BCUT2D eigenvalue weighted by Crippen LogP contribution is -2.43. The van der Waals surface area contributed by atoms with Gasteiger partial charge in [0.05, 0.1) is 25.9 Å². The Hall–Kier alpha value is -1.74. The fraction of sp³-hybridized carbons (Fsp3) is 0.714. The van der Waals surface area contributed by atoms with Crippen molar-refractivity contribution >= 4 is 5.91 Å². The van der Waals surface area contributed by atoms with Gasteiger partial charge in [-0.15, -0.1) is 0 Å². The maximum absolute atomic E-state index is 12.4. The number of ether oxygens (including phenoxy) is 2. The van der Waals surface area contributed by atoms with Gasteiger partial charge in [0, 0.05) is 37.9 Å². The van der Waals surface area contributed by atoms with Crippen LogP contribution < -0.4 is 10.9 Å². The van der Waals surface area contributed by atoms with Gasteiger partial charge >= 0.3 is 0 Å². The van der Waals surface area contributed by atoms with E-state index in [1.165, 1.54) is 38.8 Å². The van der Waals surface area contributed by atoms with Crippen LogP contribution in [0.4, 0.5) is 0 Å². The standard InChI is InChI=1S/C21H32N4O4/c26-20(22-13-18-15-28-11-12-29-18)19-4-3-16(23-21(19)27)14-24-9-5-17(6-10-24)25-7-1-2-8-25/h3-4,17-18H,1-2,5-15H2,(H,22,26)(H,23,27)/t18-/m0/s1. The number of pyridine rings is 1. The summed E-state index contributed by atoms with van der Waals surface area (Å²) in [5, 5.41) is 2.76. The zero-order chi connectivity index (χ0) is 20.1. The van der Waals surface area contributed by atoms with Crippen LogP contribution in [0.5, 0.6) is 0 Å². The summed E-state index contributed by atoms with van der Waals surface area (Å²) in [4.78, 5) is 32.6. The van der Waals surface area contributed by atoms with Crippen LogP contribution in [0.1, 0.15) is 41.7 Å². The molecule has 0 unspecified atom stereocenters. The van der Waals surface area contributed by atoms with E-state index in [1.807, 2.05) is 6.07 Å². The molecule has 1 aromatic heterocycles. The van der Waals surface area contributed by atoms with Gasteiger partial charge in [0.1, 0.15) is 5.56 Å². The Labute approximate surface area is 171 Å². The van der Waals surface area contributed by atoms with Gasteiger partial charge in [-0.25, -0.2) is 0 Å². The van der Waals surface area contributed by atoms with E-state index in [1.54, 1.807) is 6.07 Å². The van der Waals surface area contributed by atoms with E-state index in [4.69, 9.17) is 9.47 Å². The van der Waals surface area contributed by atoms with Crippen molar-refractivity contribution in [3.05, 3.63) is 33.7 Å². The molecule has 0 aromatic carbocycles. The molecule has 0 bridgehead atoms. The first-order valence-electron chi connectivity index (χ1n) is 10.9. The highest BCUT2D eigenvalue weighted by atomic mass is 16.6. The Bertz CT molecular complexity index is 732. The molecule has 8 nitrogen and oxygen atoms in total. The number of rotatable bonds is 6. The molecule has 160 valence electrons. The van der Waals surface area contributed by atoms with Gasteiger partial charge in [-0.3, -0.25) is 14.5 Å². The van der Waals surface area contributed by atoms with Crippen molar-refractivity contribution in [3.8, 4) is 0 Å². The number of piperidine rings is 1. The minimum absolute atomic E-state index is 0.137. The molecule has 3 aliphatic heterocycles. The van der Waals surface area contributed by atoms with Gasteiger partial charge < -0.3 is 24.7 Å². The van der Waals surface area contributed by atoms with E-state index in [-0.39, 0.29) is 23.1 Å². The highest BCUT2D eigenvalue weighted by Crippen LogP contribution is 2.21. The summed E-state index contributed by atoms with van der Waals surface area (Å²) in [5.74, 6) is -0.376. The van der Waals surface area contributed by atoms with Crippen LogP contribution in [-0.4, -0.2) is 85.4 Å². The molecular formula is C21H32N4O4. The summed E-state index contributed by atoms with van der Waals surface area (Å²) in [5.41, 5.74) is 0.654. The van der Waals surface area contributed by atoms with Crippen LogP contribution in [0, 0.1) is 0 Å². The van der Waals surface area contributed by atoms with Crippen molar-refractivity contribution in [3.63, 3.8) is 0 Å². The largest absolute Gasteiger partial charge is 0.376 e. The molecule has 29 heavy (non-hydrogen) atoms. The molecule has 1 amide bonds. The SMILES string of the molecule is O=C(NC[C@H]1COCCO1)c1ccc(CN2CCC(N3CCCC3)CC2)[nH]c1=O. The summed E-state index contributed by atoms with van der Waals surface area (Å²) >= 11 is 0.